The third-order valence-electron chi connectivity index (χ3n) is 4.65. The molecule has 8 heteroatoms. The second-order valence-corrected chi connectivity index (χ2v) is 6.50. The zero-order valence-corrected chi connectivity index (χ0v) is 15.0. The molecule has 0 spiro atoms. The average Bonchev–Trinajstić information content (AvgIpc) is 2.89. The van der Waals surface area contributed by atoms with E-state index in [0.717, 1.165) is 34.5 Å². The number of rotatable bonds is 3. The molecule has 0 amide bonds. The van der Waals surface area contributed by atoms with Gasteiger partial charge in [-0.2, -0.15) is 0 Å². The molecule has 0 saturated carbocycles. The number of hydrogen-bond acceptors (Lipinski definition) is 6. The van der Waals surface area contributed by atoms with Gasteiger partial charge in [0.05, 0.1) is 17.6 Å². The lowest BCUT2D eigenvalue weighted by Gasteiger charge is -2.11. The molecule has 5 rings (SSSR count). The second kappa shape index (κ2) is 6.90. The summed E-state index contributed by atoms with van der Waals surface area (Å²) >= 11 is 0. The van der Waals surface area contributed by atoms with Crippen molar-refractivity contribution in [1.29, 1.82) is 0 Å². The molecular weight excluding hydrogens is 374 g/mol. The van der Waals surface area contributed by atoms with E-state index in [9.17, 15) is 8.78 Å². The van der Waals surface area contributed by atoms with Crippen molar-refractivity contribution in [3.8, 4) is 22.4 Å². The number of hydrogen-bond donors (Lipinski definition) is 2. The first-order chi connectivity index (χ1) is 14.2. The molecule has 4 heterocycles. The van der Waals surface area contributed by atoms with Crippen molar-refractivity contribution in [2.75, 3.05) is 10.6 Å². The van der Waals surface area contributed by atoms with Crippen LogP contribution >= 0.6 is 0 Å². The molecule has 0 aliphatic carbocycles. The van der Waals surface area contributed by atoms with Gasteiger partial charge in [-0.1, -0.05) is 6.07 Å². The first kappa shape index (κ1) is 17.2. The summed E-state index contributed by atoms with van der Waals surface area (Å²) in [7, 11) is 0. The molecule has 6 nitrogen and oxygen atoms in total. The Morgan fingerprint density at radius 2 is 1.83 bits per heavy atom. The molecule has 0 fully saturated rings. The Labute approximate surface area is 164 Å². The highest BCUT2D eigenvalue weighted by Gasteiger charge is 2.21. The predicted octanol–water partition coefficient (Wildman–Crippen LogP) is 4.55. The number of anilines is 3. The number of pyridine rings is 2. The van der Waals surface area contributed by atoms with E-state index in [-0.39, 0.29) is 6.54 Å². The monoisotopic (exact) mass is 388 g/mol. The Bertz CT molecular complexity index is 1230. The molecule has 29 heavy (non-hydrogen) atoms. The minimum absolute atomic E-state index is 0.259. The Balaban J connectivity index is 1.55. The third kappa shape index (κ3) is 3.14. The van der Waals surface area contributed by atoms with Gasteiger partial charge in [0, 0.05) is 41.8 Å². The van der Waals surface area contributed by atoms with Crippen molar-refractivity contribution >= 4 is 17.5 Å². The number of nitrogens with zero attached hydrogens (tertiary/aromatic N) is 4. The fourth-order valence-electron chi connectivity index (χ4n) is 3.25. The molecule has 0 unspecified atom stereocenters. The van der Waals surface area contributed by atoms with Gasteiger partial charge in [-0.25, -0.2) is 23.7 Å². The zero-order valence-electron chi connectivity index (χ0n) is 15.0. The lowest BCUT2D eigenvalue weighted by molar-refractivity contribution is 0.507. The minimum Gasteiger partial charge on any atom is -0.350 e. The van der Waals surface area contributed by atoms with E-state index in [4.69, 9.17) is 0 Å². The molecule has 1 aliphatic rings. The highest BCUT2D eigenvalue weighted by Crippen LogP contribution is 2.41. The second-order valence-electron chi connectivity index (χ2n) is 6.50. The number of benzene rings is 1. The van der Waals surface area contributed by atoms with Crippen LogP contribution in [-0.4, -0.2) is 19.9 Å². The number of nitrogens with one attached hydrogen (secondary N) is 2. The molecular formula is C21H14F2N6. The fourth-order valence-corrected chi connectivity index (χ4v) is 3.25. The van der Waals surface area contributed by atoms with Crippen LogP contribution in [0.25, 0.3) is 22.4 Å². The van der Waals surface area contributed by atoms with Crippen LogP contribution in [0.5, 0.6) is 0 Å². The van der Waals surface area contributed by atoms with Gasteiger partial charge in [0.1, 0.15) is 5.82 Å². The van der Waals surface area contributed by atoms with E-state index in [0.29, 0.717) is 23.0 Å². The lowest BCUT2D eigenvalue weighted by Crippen LogP contribution is -2.05. The van der Waals surface area contributed by atoms with Crippen LogP contribution in [-0.2, 0) is 6.54 Å². The summed E-state index contributed by atoms with van der Waals surface area (Å²) in [4.78, 5) is 17.7. The van der Waals surface area contributed by atoms with E-state index >= 15 is 0 Å². The molecule has 3 aromatic heterocycles. The molecule has 0 saturated heterocycles. The maximum atomic E-state index is 13.4. The Kier molecular flexibility index (Phi) is 4.09. The van der Waals surface area contributed by atoms with Crippen molar-refractivity contribution in [1.82, 2.24) is 19.9 Å². The van der Waals surface area contributed by atoms with Gasteiger partial charge in [-0.15, -0.1) is 0 Å². The van der Waals surface area contributed by atoms with Crippen molar-refractivity contribution < 1.29 is 8.78 Å². The van der Waals surface area contributed by atoms with Crippen LogP contribution in [0.3, 0.4) is 0 Å². The molecule has 1 aromatic carbocycles. The lowest BCUT2D eigenvalue weighted by atomic mass is 10.0. The SMILES string of the molecule is Fc1ccc(CNc2ncc3c(n2)-c2cccnc2Nc2cnccc2-3)cc1F. The molecule has 0 bridgehead atoms. The summed E-state index contributed by atoms with van der Waals surface area (Å²) in [5.74, 6) is -0.713. The summed E-state index contributed by atoms with van der Waals surface area (Å²) in [6.07, 6.45) is 6.88. The van der Waals surface area contributed by atoms with Crippen LogP contribution in [0, 0.1) is 11.6 Å². The minimum atomic E-state index is -0.886. The number of fused-ring (bicyclic) bond motifs is 5. The van der Waals surface area contributed by atoms with Crippen LogP contribution < -0.4 is 10.6 Å². The van der Waals surface area contributed by atoms with E-state index in [1.54, 1.807) is 24.8 Å². The maximum absolute atomic E-state index is 13.4. The summed E-state index contributed by atoms with van der Waals surface area (Å²) in [5, 5.41) is 6.37. The maximum Gasteiger partial charge on any atom is 0.223 e. The molecule has 0 radical (unpaired) electrons. The molecule has 4 aromatic rings. The summed E-state index contributed by atoms with van der Waals surface area (Å²) in [6, 6.07) is 9.43. The molecule has 1 aliphatic heterocycles. The Morgan fingerprint density at radius 1 is 0.897 bits per heavy atom. The summed E-state index contributed by atoms with van der Waals surface area (Å²) in [6.45, 7) is 0.259. The van der Waals surface area contributed by atoms with E-state index in [1.807, 2.05) is 18.2 Å². The van der Waals surface area contributed by atoms with Gasteiger partial charge in [0.15, 0.2) is 11.6 Å². The predicted molar refractivity (Wildman–Crippen MR) is 105 cm³/mol. The van der Waals surface area contributed by atoms with Gasteiger partial charge in [-0.3, -0.25) is 4.98 Å². The van der Waals surface area contributed by atoms with Gasteiger partial charge in [0.25, 0.3) is 0 Å². The van der Waals surface area contributed by atoms with Crippen LogP contribution in [0.1, 0.15) is 5.56 Å². The van der Waals surface area contributed by atoms with Gasteiger partial charge in [0.2, 0.25) is 5.95 Å². The topological polar surface area (TPSA) is 75.6 Å². The Morgan fingerprint density at radius 3 is 2.72 bits per heavy atom. The van der Waals surface area contributed by atoms with Crippen molar-refractivity contribution in [2.45, 2.75) is 6.54 Å². The highest BCUT2D eigenvalue weighted by atomic mass is 19.2. The molecule has 142 valence electrons. The van der Waals surface area contributed by atoms with Gasteiger partial charge in [-0.05, 0) is 35.9 Å². The fraction of sp³-hybridized carbons (Fsp3) is 0.0476. The zero-order chi connectivity index (χ0) is 19.8. The first-order valence-corrected chi connectivity index (χ1v) is 8.91. The normalized spacial score (nSPS) is 11.5. The highest BCUT2D eigenvalue weighted by molar-refractivity contribution is 5.95. The van der Waals surface area contributed by atoms with Crippen LogP contribution in [0.15, 0.2) is 61.2 Å². The molecule has 0 atom stereocenters. The first-order valence-electron chi connectivity index (χ1n) is 8.91. The number of aromatic nitrogens is 4. The molecule has 2 N–H and O–H groups in total. The van der Waals surface area contributed by atoms with Crippen molar-refractivity contribution in [3.05, 3.63) is 78.4 Å². The standard InChI is InChI=1S/C21H14F2N6/c22-16-4-3-12(8-17(16)23)9-26-21-27-10-15-13-5-7-24-11-18(13)28-20-14(19(15)29-21)2-1-6-25-20/h1-8,10-11H,9H2,(H,25,28)(H,26,27,29). The average molecular weight is 388 g/mol. The largest absolute Gasteiger partial charge is 0.350 e. The quantitative estimate of drug-likeness (QED) is 0.472. The van der Waals surface area contributed by atoms with E-state index in [1.165, 1.54) is 6.07 Å². The van der Waals surface area contributed by atoms with Crippen molar-refractivity contribution in [3.63, 3.8) is 0 Å². The van der Waals surface area contributed by atoms with Crippen LogP contribution in [0.2, 0.25) is 0 Å². The Hall–Kier alpha value is -3.94. The van der Waals surface area contributed by atoms with Crippen molar-refractivity contribution in [2.24, 2.45) is 0 Å². The van der Waals surface area contributed by atoms with Crippen LogP contribution in [0.4, 0.5) is 26.2 Å². The van der Waals surface area contributed by atoms with E-state index in [2.05, 4.69) is 30.6 Å². The third-order valence-corrected chi connectivity index (χ3v) is 4.65. The summed E-state index contributed by atoms with van der Waals surface area (Å²) in [5.41, 5.74) is 4.71. The smallest absolute Gasteiger partial charge is 0.223 e. The summed E-state index contributed by atoms with van der Waals surface area (Å²) < 4.78 is 26.5. The van der Waals surface area contributed by atoms with Gasteiger partial charge < -0.3 is 10.6 Å². The number of halogens is 2. The van der Waals surface area contributed by atoms with E-state index < -0.39 is 11.6 Å². The van der Waals surface area contributed by atoms with Gasteiger partial charge >= 0.3 is 0 Å².